The second kappa shape index (κ2) is 11.9. The van der Waals surface area contributed by atoms with E-state index in [1.807, 2.05) is 38.1 Å². The van der Waals surface area contributed by atoms with Crippen LogP contribution >= 0.6 is 23.4 Å². The number of carbonyl (C=O) groups is 3. The standard InChI is InChI=1S/C31H39ClN2O5S/c1-21-13-11-14-22(32)25(21)33-18-12-16-31-23(24-29(38)39-20-10-6-3-7-15-30(24,2)40-31)27(36)34(26(31)28(33)37)17-8-4-5-9-19-35/h7,11-16,23-24,26,35H,3-6,8-10,17-20H2,1-2H3/b15-7-/t23-,24+,26?,30-,31-/m0/s1. The lowest BCUT2D eigenvalue weighted by Gasteiger charge is -2.37. The molecular weight excluding hydrogens is 548 g/mol. The summed E-state index contributed by atoms with van der Waals surface area (Å²) in [5.41, 5.74) is 1.54. The van der Waals surface area contributed by atoms with Crippen LogP contribution in [-0.4, -0.2) is 69.6 Å². The Kier molecular flexibility index (Phi) is 8.69. The molecule has 5 atom stereocenters. The van der Waals surface area contributed by atoms with Gasteiger partial charge in [-0.15, -0.1) is 11.8 Å². The number of esters is 1. The highest BCUT2D eigenvalue weighted by Crippen LogP contribution is 2.65. The zero-order chi connectivity index (χ0) is 28.5. The van der Waals surface area contributed by atoms with Crippen LogP contribution in [0.5, 0.6) is 0 Å². The number of ether oxygens (including phenoxy) is 1. The minimum absolute atomic E-state index is 0.137. The molecule has 0 saturated carbocycles. The largest absolute Gasteiger partial charge is 0.465 e. The molecule has 7 nitrogen and oxygen atoms in total. The van der Waals surface area contributed by atoms with Gasteiger partial charge >= 0.3 is 5.97 Å². The van der Waals surface area contributed by atoms with Gasteiger partial charge in [-0.3, -0.25) is 14.4 Å². The van der Waals surface area contributed by atoms with E-state index in [1.54, 1.807) is 27.6 Å². The van der Waals surface area contributed by atoms with Crippen molar-refractivity contribution in [3.8, 4) is 0 Å². The SMILES string of the molecule is Cc1cccc(Cl)c1N1CC=C[C@]23S[C@@]4(C)/C=C\CCCCOC(=O)[C@H]4[C@H]2C(=O)N(CCCCCCO)C3C1=O. The molecule has 0 aromatic heterocycles. The molecule has 0 bridgehead atoms. The van der Waals surface area contributed by atoms with Gasteiger partial charge in [0, 0.05) is 24.4 Å². The summed E-state index contributed by atoms with van der Waals surface area (Å²) in [6.07, 6.45) is 13.9. The number of likely N-dealkylation sites (tertiary alicyclic amines) is 1. The van der Waals surface area contributed by atoms with Crippen LogP contribution in [0.3, 0.4) is 0 Å². The summed E-state index contributed by atoms with van der Waals surface area (Å²) in [4.78, 5) is 46.1. The smallest absolute Gasteiger partial charge is 0.311 e. The van der Waals surface area contributed by atoms with Crippen molar-refractivity contribution in [1.82, 2.24) is 4.90 Å². The van der Waals surface area contributed by atoms with E-state index in [0.29, 0.717) is 43.2 Å². The van der Waals surface area contributed by atoms with E-state index in [4.69, 9.17) is 16.3 Å². The molecule has 9 heteroatoms. The lowest BCUT2D eigenvalue weighted by atomic mass is 9.74. The number of amides is 2. The molecule has 2 saturated heterocycles. The van der Waals surface area contributed by atoms with Crippen LogP contribution < -0.4 is 4.90 Å². The van der Waals surface area contributed by atoms with Crippen molar-refractivity contribution in [3.63, 3.8) is 0 Å². The Labute approximate surface area is 245 Å². The van der Waals surface area contributed by atoms with E-state index in [1.165, 1.54) is 0 Å². The number of unbranched alkanes of at least 4 members (excludes halogenated alkanes) is 3. The van der Waals surface area contributed by atoms with Gasteiger partial charge in [-0.1, -0.05) is 60.9 Å². The number of benzene rings is 1. The van der Waals surface area contributed by atoms with Gasteiger partial charge in [0.2, 0.25) is 5.91 Å². The van der Waals surface area contributed by atoms with Crippen LogP contribution in [0.1, 0.15) is 57.4 Å². The second-order valence-corrected chi connectivity index (χ2v) is 13.7. The van der Waals surface area contributed by atoms with E-state index >= 15 is 0 Å². The number of aliphatic hydroxyl groups is 1. The molecule has 40 heavy (non-hydrogen) atoms. The fourth-order valence-corrected chi connectivity index (χ4v) is 9.43. The first kappa shape index (κ1) is 29.2. The molecule has 216 valence electrons. The van der Waals surface area contributed by atoms with E-state index in [0.717, 1.165) is 37.7 Å². The van der Waals surface area contributed by atoms with Crippen LogP contribution in [0.25, 0.3) is 0 Å². The lowest BCUT2D eigenvalue weighted by Crippen LogP contribution is -2.53. The first-order valence-corrected chi connectivity index (χ1v) is 15.6. The predicted octanol–water partition coefficient (Wildman–Crippen LogP) is 5.07. The summed E-state index contributed by atoms with van der Waals surface area (Å²) < 4.78 is 4.14. The summed E-state index contributed by atoms with van der Waals surface area (Å²) in [6, 6.07) is 4.79. The van der Waals surface area contributed by atoms with Crippen molar-refractivity contribution in [2.75, 3.05) is 31.2 Å². The molecule has 0 aliphatic carbocycles. The summed E-state index contributed by atoms with van der Waals surface area (Å²) in [5, 5.41) is 9.67. The summed E-state index contributed by atoms with van der Waals surface area (Å²) >= 11 is 8.21. The van der Waals surface area contributed by atoms with Crippen LogP contribution in [0.15, 0.2) is 42.5 Å². The molecule has 5 rings (SSSR count). The van der Waals surface area contributed by atoms with Crippen molar-refractivity contribution in [3.05, 3.63) is 53.1 Å². The fourth-order valence-electron chi connectivity index (χ4n) is 6.95. The molecular formula is C31H39ClN2O5S. The van der Waals surface area contributed by atoms with Gasteiger partial charge in [0.25, 0.3) is 5.91 Å². The molecule has 1 aromatic rings. The van der Waals surface area contributed by atoms with E-state index < -0.39 is 27.4 Å². The molecule has 0 radical (unpaired) electrons. The maximum atomic E-state index is 14.7. The highest BCUT2D eigenvalue weighted by atomic mass is 35.5. The van der Waals surface area contributed by atoms with Crippen molar-refractivity contribution >= 4 is 46.8 Å². The highest BCUT2D eigenvalue weighted by molar-refractivity contribution is 8.02. The van der Waals surface area contributed by atoms with Crippen molar-refractivity contribution in [2.24, 2.45) is 11.8 Å². The van der Waals surface area contributed by atoms with E-state index in [9.17, 15) is 19.5 Å². The van der Waals surface area contributed by atoms with Crippen LogP contribution in [0.4, 0.5) is 5.69 Å². The number of cyclic esters (lactones) is 1. The number of halogens is 1. The number of aliphatic hydroxyl groups excluding tert-OH is 1. The normalized spacial score (nSPS) is 32.8. The zero-order valence-corrected chi connectivity index (χ0v) is 24.9. The number of carbonyl (C=O) groups excluding carboxylic acids is 3. The van der Waals surface area contributed by atoms with Crippen LogP contribution in [-0.2, 0) is 19.1 Å². The Bertz CT molecular complexity index is 1200. The second-order valence-electron chi connectivity index (χ2n) is 11.5. The molecule has 1 aromatic carbocycles. The number of thioether (sulfide) groups is 1. The number of fused-ring (bicyclic) bond motifs is 2. The summed E-state index contributed by atoms with van der Waals surface area (Å²) in [7, 11) is 0. The number of allylic oxidation sites excluding steroid dienone is 1. The number of hydrogen-bond donors (Lipinski definition) is 1. The third kappa shape index (κ3) is 5.01. The fraction of sp³-hybridized carbons (Fsp3) is 0.581. The molecule has 1 spiro atoms. The van der Waals surface area contributed by atoms with Crippen LogP contribution in [0, 0.1) is 18.8 Å². The third-order valence-corrected chi connectivity index (χ3v) is 10.9. The number of rotatable bonds is 7. The number of hydrogen-bond acceptors (Lipinski definition) is 6. The molecule has 2 amide bonds. The molecule has 1 unspecified atom stereocenters. The Morgan fingerprint density at radius 1 is 1.05 bits per heavy atom. The third-order valence-electron chi connectivity index (χ3n) is 8.77. The molecule has 4 aliphatic rings. The average Bonchev–Trinajstić information content (AvgIpc) is 3.24. The van der Waals surface area contributed by atoms with Crippen LogP contribution in [0.2, 0.25) is 5.02 Å². The number of anilines is 1. The van der Waals surface area contributed by atoms with Crippen molar-refractivity contribution in [1.29, 1.82) is 0 Å². The minimum atomic E-state index is -0.917. The maximum Gasteiger partial charge on any atom is 0.311 e. The number of aryl methyl sites for hydroxylation is 1. The van der Waals surface area contributed by atoms with Gasteiger partial charge in [-0.05, 0) is 57.6 Å². The summed E-state index contributed by atoms with van der Waals surface area (Å²) in [6.45, 7) is 5.16. The Balaban J connectivity index is 1.59. The monoisotopic (exact) mass is 586 g/mol. The average molecular weight is 587 g/mol. The Morgan fingerprint density at radius 3 is 2.62 bits per heavy atom. The number of nitrogens with zero attached hydrogens (tertiary/aromatic N) is 2. The van der Waals surface area contributed by atoms with Gasteiger partial charge in [0.15, 0.2) is 0 Å². The molecule has 2 fully saturated rings. The quantitative estimate of drug-likeness (QED) is 0.273. The first-order chi connectivity index (χ1) is 19.2. The molecule has 1 N–H and O–H groups in total. The highest BCUT2D eigenvalue weighted by Gasteiger charge is 2.73. The minimum Gasteiger partial charge on any atom is -0.465 e. The maximum absolute atomic E-state index is 14.7. The van der Waals surface area contributed by atoms with E-state index in [2.05, 4.69) is 12.2 Å². The summed E-state index contributed by atoms with van der Waals surface area (Å²) in [5.74, 6) is -2.11. The zero-order valence-electron chi connectivity index (χ0n) is 23.3. The van der Waals surface area contributed by atoms with Gasteiger partial charge in [0.05, 0.1) is 33.9 Å². The first-order valence-electron chi connectivity index (χ1n) is 14.5. The number of para-hydroxylation sites is 1. The lowest BCUT2D eigenvalue weighted by molar-refractivity contribution is -0.154. The van der Waals surface area contributed by atoms with Gasteiger partial charge in [-0.2, -0.15) is 0 Å². The van der Waals surface area contributed by atoms with Crippen molar-refractivity contribution in [2.45, 2.75) is 74.3 Å². The molecule has 4 aliphatic heterocycles. The van der Waals surface area contributed by atoms with Gasteiger partial charge < -0.3 is 19.6 Å². The van der Waals surface area contributed by atoms with Gasteiger partial charge in [0.1, 0.15) is 6.04 Å². The van der Waals surface area contributed by atoms with Gasteiger partial charge in [-0.25, -0.2) is 0 Å². The Morgan fingerprint density at radius 2 is 1.85 bits per heavy atom. The predicted molar refractivity (Wildman–Crippen MR) is 158 cm³/mol. The van der Waals surface area contributed by atoms with Crippen molar-refractivity contribution < 1.29 is 24.2 Å². The molecule has 4 heterocycles. The topological polar surface area (TPSA) is 87.2 Å². The Hall–Kier alpha value is -2.29. The van der Waals surface area contributed by atoms with E-state index in [-0.39, 0.29) is 24.4 Å².